The number of carboxylic acid groups (broad SMARTS) is 1. The first-order valence-electron chi connectivity index (χ1n) is 5.02. The van der Waals surface area contributed by atoms with E-state index in [4.69, 9.17) is 9.84 Å². The lowest BCUT2D eigenvalue weighted by Gasteiger charge is -2.50. The van der Waals surface area contributed by atoms with Crippen molar-refractivity contribution >= 4 is 5.97 Å². The highest BCUT2D eigenvalue weighted by Gasteiger charge is 2.46. The molecule has 0 aromatic heterocycles. The molecule has 1 saturated heterocycles. The van der Waals surface area contributed by atoms with Gasteiger partial charge in [-0.25, -0.2) is 0 Å². The zero-order chi connectivity index (χ0) is 9.31. The fourth-order valence-electron chi connectivity index (χ4n) is 2.64. The van der Waals surface area contributed by atoms with Crippen molar-refractivity contribution in [1.29, 1.82) is 0 Å². The maximum atomic E-state index is 10.7. The minimum absolute atomic E-state index is 0.247. The van der Waals surface area contributed by atoms with Gasteiger partial charge < -0.3 is 9.84 Å². The molecule has 3 nitrogen and oxygen atoms in total. The number of carbonyl (C=O) groups is 1. The summed E-state index contributed by atoms with van der Waals surface area (Å²) in [6.07, 6.45) is 4.87. The number of hydrogen-bond acceptors (Lipinski definition) is 2. The Morgan fingerprint density at radius 2 is 2.31 bits per heavy atom. The first-order chi connectivity index (χ1) is 6.23. The number of aliphatic carboxylic acids is 1. The van der Waals surface area contributed by atoms with Crippen molar-refractivity contribution in [2.45, 2.75) is 32.1 Å². The SMILES string of the molecule is O=C(O)CC1CCOCC12CCC2. The number of rotatable bonds is 2. The smallest absolute Gasteiger partial charge is 0.303 e. The lowest BCUT2D eigenvalue weighted by molar-refractivity contribution is -0.146. The van der Waals surface area contributed by atoms with Crippen molar-refractivity contribution in [2.75, 3.05) is 13.2 Å². The van der Waals surface area contributed by atoms with Crippen molar-refractivity contribution in [2.24, 2.45) is 11.3 Å². The summed E-state index contributed by atoms with van der Waals surface area (Å²) in [7, 11) is 0. The van der Waals surface area contributed by atoms with E-state index in [9.17, 15) is 4.79 Å². The molecule has 74 valence electrons. The van der Waals surface area contributed by atoms with Crippen LogP contribution >= 0.6 is 0 Å². The summed E-state index contributed by atoms with van der Waals surface area (Å²) in [5.74, 6) is -0.286. The lowest BCUT2D eigenvalue weighted by Crippen LogP contribution is -2.46. The van der Waals surface area contributed by atoms with E-state index in [-0.39, 0.29) is 5.41 Å². The quantitative estimate of drug-likeness (QED) is 0.710. The molecular weight excluding hydrogens is 168 g/mol. The molecule has 1 saturated carbocycles. The van der Waals surface area contributed by atoms with E-state index >= 15 is 0 Å². The molecule has 2 rings (SSSR count). The average molecular weight is 184 g/mol. The number of ether oxygens (including phenoxy) is 1. The van der Waals surface area contributed by atoms with Gasteiger partial charge in [-0.15, -0.1) is 0 Å². The zero-order valence-corrected chi connectivity index (χ0v) is 7.79. The van der Waals surface area contributed by atoms with Crippen LogP contribution in [0.1, 0.15) is 32.1 Å². The number of carboxylic acids is 1. The van der Waals surface area contributed by atoms with Crippen molar-refractivity contribution in [3.05, 3.63) is 0 Å². The predicted octanol–water partition coefficient (Wildman–Crippen LogP) is 1.67. The van der Waals surface area contributed by atoms with Gasteiger partial charge >= 0.3 is 5.97 Å². The Kier molecular flexibility index (Phi) is 2.28. The molecule has 0 radical (unpaired) electrons. The molecular formula is C10H16O3. The van der Waals surface area contributed by atoms with Gasteiger partial charge in [0.1, 0.15) is 0 Å². The Morgan fingerprint density at radius 1 is 1.54 bits per heavy atom. The standard InChI is InChI=1S/C10H16O3/c11-9(12)6-8-2-5-13-7-10(8)3-1-4-10/h8H,1-7H2,(H,11,12). The summed E-state index contributed by atoms with van der Waals surface area (Å²) >= 11 is 0. The summed E-state index contributed by atoms with van der Waals surface area (Å²) in [6.45, 7) is 1.55. The number of hydrogen-bond donors (Lipinski definition) is 1. The molecule has 13 heavy (non-hydrogen) atoms. The molecule has 0 bridgehead atoms. The molecule has 1 aliphatic heterocycles. The molecule has 2 aliphatic rings. The van der Waals surface area contributed by atoms with Gasteiger partial charge in [0, 0.05) is 13.0 Å². The van der Waals surface area contributed by atoms with Crippen LogP contribution in [0, 0.1) is 11.3 Å². The van der Waals surface area contributed by atoms with Crippen molar-refractivity contribution < 1.29 is 14.6 Å². The highest BCUT2D eigenvalue weighted by Crippen LogP contribution is 2.51. The van der Waals surface area contributed by atoms with Crippen LogP contribution in [0.4, 0.5) is 0 Å². The Labute approximate surface area is 78.1 Å². The molecule has 1 N–H and O–H groups in total. The van der Waals surface area contributed by atoms with E-state index in [2.05, 4.69) is 0 Å². The van der Waals surface area contributed by atoms with Gasteiger partial charge in [-0.1, -0.05) is 6.42 Å². The predicted molar refractivity (Wildman–Crippen MR) is 47.5 cm³/mol. The molecule has 0 amide bonds. The molecule has 1 atom stereocenters. The van der Waals surface area contributed by atoms with Crippen LogP contribution < -0.4 is 0 Å². The van der Waals surface area contributed by atoms with Gasteiger partial charge in [-0.2, -0.15) is 0 Å². The first-order valence-corrected chi connectivity index (χ1v) is 5.02. The molecule has 0 aromatic carbocycles. The van der Waals surface area contributed by atoms with Crippen LogP contribution in [0.15, 0.2) is 0 Å². The third kappa shape index (κ3) is 1.57. The molecule has 2 fully saturated rings. The van der Waals surface area contributed by atoms with Crippen LogP contribution in [0.3, 0.4) is 0 Å². The van der Waals surface area contributed by atoms with Crippen LogP contribution in [0.2, 0.25) is 0 Å². The second-order valence-corrected chi connectivity index (χ2v) is 4.35. The van der Waals surface area contributed by atoms with Crippen LogP contribution in [0.5, 0.6) is 0 Å². The van der Waals surface area contributed by atoms with Crippen molar-refractivity contribution in [3.63, 3.8) is 0 Å². The highest BCUT2D eigenvalue weighted by atomic mass is 16.5. The second-order valence-electron chi connectivity index (χ2n) is 4.35. The fourth-order valence-corrected chi connectivity index (χ4v) is 2.64. The van der Waals surface area contributed by atoms with E-state index in [1.54, 1.807) is 0 Å². The normalized spacial score (nSPS) is 31.2. The van der Waals surface area contributed by atoms with E-state index < -0.39 is 5.97 Å². The van der Waals surface area contributed by atoms with Gasteiger partial charge in [-0.3, -0.25) is 4.79 Å². The molecule has 0 aromatic rings. The molecule has 1 unspecified atom stereocenters. The Balaban J connectivity index is 2.00. The monoisotopic (exact) mass is 184 g/mol. The largest absolute Gasteiger partial charge is 0.481 e. The summed E-state index contributed by atoms with van der Waals surface area (Å²) in [5, 5.41) is 8.78. The summed E-state index contributed by atoms with van der Waals surface area (Å²) in [6, 6.07) is 0. The Hall–Kier alpha value is -0.570. The van der Waals surface area contributed by atoms with Gasteiger partial charge in [0.25, 0.3) is 0 Å². The second kappa shape index (κ2) is 3.29. The van der Waals surface area contributed by atoms with Crippen molar-refractivity contribution in [3.8, 4) is 0 Å². The minimum Gasteiger partial charge on any atom is -0.481 e. The summed E-state index contributed by atoms with van der Waals surface area (Å²) in [5.41, 5.74) is 0.247. The van der Waals surface area contributed by atoms with E-state index in [0.717, 1.165) is 19.6 Å². The molecule has 1 aliphatic carbocycles. The van der Waals surface area contributed by atoms with Gasteiger partial charge in [0.15, 0.2) is 0 Å². The molecule has 3 heteroatoms. The summed E-state index contributed by atoms with van der Waals surface area (Å²) < 4.78 is 5.45. The summed E-state index contributed by atoms with van der Waals surface area (Å²) in [4.78, 5) is 10.7. The maximum absolute atomic E-state index is 10.7. The van der Waals surface area contributed by atoms with E-state index in [1.165, 1.54) is 19.3 Å². The topological polar surface area (TPSA) is 46.5 Å². The zero-order valence-electron chi connectivity index (χ0n) is 7.79. The average Bonchev–Trinajstić information content (AvgIpc) is 2.01. The Morgan fingerprint density at radius 3 is 2.85 bits per heavy atom. The van der Waals surface area contributed by atoms with Crippen LogP contribution in [-0.4, -0.2) is 24.3 Å². The van der Waals surface area contributed by atoms with Gasteiger partial charge in [0.2, 0.25) is 0 Å². The van der Waals surface area contributed by atoms with Gasteiger partial charge in [0.05, 0.1) is 6.61 Å². The van der Waals surface area contributed by atoms with Crippen LogP contribution in [-0.2, 0) is 9.53 Å². The maximum Gasteiger partial charge on any atom is 0.303 e. The third-order valence-electron chi connectivity index (χ3n) is 3.64. The van der Waals surface area contributed by atoms with Crippen LogP contribution in [0.25, 0.3) is 0 Å². The third-order valence-corrected chi connectivity index (χ3v) is 3.64. The minimum atomic E-state index is -0.654. The van der Waals surface area contributed by atoms with Crippen molar-refractivity contribution in [1.82, 2.24) is 0 Å². The first kappa shape index (κ1) is 9.00. The van der Waals surface area contributed by atoms with Gasteiger partial charge in [-0.05, 0) is 30.6 Å². The molecule has 1 spiro atoms. The highest BCUT2D eigenvalue weighted by molar-refractivity contribution is 5.67. The Bertz CT molecular complexity index is 208. The molecule has 1 heterocycles. The lowest BCUT2D eigenvalue weighted by atomic mass is 9.59. The fraction of sp³-hybridized carbons (Fsp3) is 0.900. The van der Waals surface area contributed by atoms with E-state index in [0.29, 0.717) is 12.3 Å². The van der Waals surface area contributed by atoms with E-state index in [1.807, 2.05) is 0 Å².